The summed E-state index contributed by atoms with van der Waals surface area (Å²) in [6.45, 7) is 6.27. The second-order valence-corrected chi connectivity index (χ2v) is 5.55. The molecular weight excluding hydrogens is 198 g/mol. The van der Waals surface area contributed by atoms with Gasteiger partial charge in [-0.3, -0.25) is 4.79 Å². The molecule has 0 bridgehead atoms. The molecule has 0 saturated heterocycles. The fraction of sp³-hybridized carbons (Fsp3) is 0.929. The molecule has 1 atom stereocenters. The highest BCUT2D eigenvalue weighted by molar-refractivity contribution is 5.73. The molecule has 0 aliphatic heterocycles. The Labute approximate surface area is 100 Å². The van der Waals surface area contributed by atoms with E-state index < -0.39 is 0 Å². The SMILES string of the molecule is CCCC(C)CC1CCC(NC(C)=O)CC1. The summed E-state index contributed by atoms with van der Waals surface area (Å²) in [6, 6.07) is 0.454. The maximum atomic E-state index is 10.9. The van der Waals surface area contributed by atoms with Crippen molar-refractivity contribution in [3.05, 3.63) is 0 Å². The molecule has 0 heterocycles. The second-order valence-electron chi connectivity index (χ2n) is 5.55. The van der Waals surface area contributed by atoms with Gasteiger partial charge in [0.05, 0.1) is 0 Å². The molecule has 1 saturated carbocycles. The van der Waals surface area contributed by atoms with E-state index in [0.717, 1.165) is 11.8 Å². The zero-order valence-corrected chi connectivity index (χ0v) is 11.1. The lowest BCUT2D eigenvalue weighted by Crippen LogP contribution is -2.36. The maximum Gasteiger partial charge on any atom is 0.217 e. The molecule has 1 fully saturated rings. The second kappa shape index (κ2) is 6.93. The summed E-state index contributed by atoms with van der Waals surface area (Å²) in [5.41, 5.74) is 0. The van der Waals surface area contributed by atoms with Crippen molar-refractivity contribution in [3.63, 3.8) is 0 Å². The van der Waals surface area contributed by atoms with Crippen molar-refractivity contribution in [2.75, 3.05) is 0 Å². The number of hydrogen-bond acceptors (Lipinski definition) is 1. The molecule has 0 spiro atoms. The number of rotatable bonds is 5. The van der Waals surface area contributed by atoms with Crippen molar-refractivity contribution >= 4 is 5.91 Å². The van der Waals surface area contributed by atoms with Crippen molar-refractivity contribution in [3.8, 4) is 0 Å². The van der Waals surface area contributed by atoms with Crippen molar-refractivity contribution < 1.29 is 4.79 Å². The average Bonchev–Trinajstić information content (AvgIpc) is 2.20. The minimum Gasteiger partial charge on any atom is -0.354 e. The van der Waals surface area contributed by atoms with Gasteiger partial charge in [0.2, 0.25) is 5.91 Å². The topological polar surface area (TPSA) is 29.1 Å². The van der Waals surface area contributed by atoms with Crippen molar-refractivity contribution in [2.45, 2.75) is 71.8 Å². The number of amides is 1. The molecule has 0 radical (unpaired) electrons. The Morgan fingerprint density at radius 3 is 2.44 bits per heavy atom. The van der Waals surface area contributed by atoms with Crippen LogP contribution in [-0.2, 0) is 4.79 Å². The molecule has 0 aromatic heterocycles. The molecule has 16 heavy (non-hydrogen) atoms. The largest absolute Gasteiger partial charge is 0.354 e. The van der Waals surface area contributed by atoms with Crippen LogP contribution in [0.1, 0.15) is 65.7 Å². The fourth-order valence-electron chi connectivity index (χ4n) is 3.01. The summed E-state index contributed by atoms with van der Waals surface area (Å²) in [7, 11) is 0. The Bertz CT molecular complexity index is 207. The molecule has 1 unspecified atom stereocenters. The van der Waals surface area contributed by atoms with E-state index in [1.54, 1.807) is 6.92 Å². The lowest BCUT2D eigenvalue weighted by atomic mass is 9.80. The number of carbonyl (C=O) groups is 1. The molecule has 1 amide bonds. The van der Waals surface area contributed by atoms with Crippen LogP contribution < -0.4 is 5.32 Å². The Balaban J connectivity index is 2.18. The van der Waals surface area contributed by atoms with E-state index >= 15 is 0 Å². The van der Waals surface area contributed by atoms with Gasteiger partial charge in [-0.15, -0.1) is 0 Å². The third-order valence-corrected chi connectivity index (χ3v) is 3.77. The molecule has 0 aromatic rings. The molecule has 2 nitrogen and oxygen atoms in total. The van der Waals surface area contributed by atoms with Gasteiger partial charge in [0.1, 0.15) is 0 Å². The minimum atomic E-state index is 0.128. The van der Waals surface area contributed by atoms with Gasteiger partial charge >= 0.3 is 0 Å². The van der Waals surface area contributed by atoms with Crippen LogP contribution in [0.5, 0.6) is 0 Å². The lowest BCUT2D eigenvalue weighted by molar-refractivity contribution is -0.119. The number of carbonyl (C=O) groups excluding carboxylic acids is 1. The van der Waals surface area contributed by atoms with Gasteiger partial charge in [0.15, 0.2) is 0 Å². The normalized spacial score (nSPS) is 27.4. The van der Waals surface area contributed by atoms with E-state index in [1.807, 2.05) is 0 Å². The summed E-state index contributed by atoms with van der Waals surface area (Å²) >= 11 is 0. The molecule has 0 aromatic carbocycles. The van der Waals surface area contributed by atoms with Crippen LogP contribution in [0.4, 0.5) is 0 Å². The molecular formula is C14H27NO. The first kappa shape index (κ1) is 13.5. The van der Waals surface area contributed by atoms with E-state index in [-0.39, 0.29) is 5.91 Å². The van der Waals surface area contributed by atoms with Gasteiger partial charge in [-0.2, -0.15) is 0 Å². The molecule has 1 aliphatic carbocycles. The standard InChI is InChI=1S/C14H27NO/c1-4-5-11(2)10-13-6-8-14(9-7-13)15-12(3)16/h11,13-14H,4-10H2,1-3H3,(H,15,16). The summed E-state index contributed by atoms with van der Waals surface area (Å²) in [5.74, 6) is 1.92. The van der Waals surface area contributed by atoms with Crippen molar-refractivity contribution in [2.24, 2.45) is 11.8 Å². The van der Waals surface area contributed by atoms with Gasteiger partial charge in [0, 0.05) is 13.0 Å². The van der Waals surface area contributed by atoms with Crippen LogP contribution in [0.25, 0.3) is 0 Å². The van der Waals surface area contributed by atoms with Crippen LogP contribution in [0, 0.1) is 11.8 Å². The predicted molar refractivity (Wildman–Crippen MR) is 68.3 cm³/mol. The van der Waals surface area contributed by atoms with Crippen LogP contribution in [0.2, 0.25) is 0 Å². The van der Waals surface area contributed by atoms with Crippen LogP contribution >= 0.6 is 0 Å². The zero-order chi connectivity index (χ0) is 12.0. The minimum absolute atomic E-state index is 0.128. The van der Waals surface area contributed by atoms with E-state index in [4.69, 9.17) is 0 Å². The van der Waals surface area contributed by atoms with E-state index in [1.165, 1.54) is 44.9 Å². The number of hydrogen-bond donors (Lipinski definition) is 1. The first-order chi connectivity index (χ1) is 7.61. The summed E-state index contributed by atoms with van der Waals surface area (Å²) in [4.78, 5) is 10.9. The lowest BCUT2D eigenvalue weighted by Gasteiger charge is -2.30. The highest BCUT2D eigenvalue weighted by Gasteiger charge is 2.22. The van der Waals surface area contributed by atoms with E-state index in [2.05, 4.69) is 19.2 Å². The van der Waals surface area contributed by atoms with Gasteiger partial charge in [-0.1, -0.05) is 26.7 Å². The zero-order valence-electron chi connectivity index (χ0n) is 11.1. The summed E-state index contributed by atoms with van der Waals surface area (Å²) in [6.07, 6.45) is 9.04. The fourth-order valence-corrected chi connectivity index (χ4v) is 3.01. The maximum absolute atomic E-state index is 10.9. The first-order valence-electron chi connectivity index (χ1n) is 6.88. The molecule has 94 valence electrons. The average molecular weight is 225 g/mol. The molecule has 1 rings (SSSR count). The van der Waals surface area contributed by atoms with Gasteiger partial charge in [-0.05, 0) is 43.9 Å². The third-order valence-electron chi connectivity index (χ3n) is 3.77. The first-order valence-corrected chi connectivity index (χ1v) is 6.88. The van der Waals surface area contributed by atoms with E-state index in [9.17, 15) is 4.79 Å². The Hall–Kier alpha value is -0.530. The van der Waals surface area contributed by atoms with Gasteiger partial charge in [-0.25, -0.2) is 0 Å². The van der Waals surface area contributed by atoms with Crippen LogP contribution in [0.3, 0.4) is 0 Å². The Morgan fingerprint density at radius 1 is 1.31 bits per heavy atom. The van der Waals surface area contributed by atoms with Gasteiger partial charge < -0.3 is 5.32 Å². The monoisotopic (exact) mass is 225 g/mol. The van der Waals surface area contributed by atoms with Gasteiger partial charge in [0.25, 0.3) is 0 Å². The summed E-state index contributed by atoms with van der Waals surface area (Å²) in [5, 5.41) is 3.04. The molecule has 1 aliphatic rings. The predicted octanol–water partition coefficient (Wildman–Crippen LogP) is 3.51. The highest BCUT2D eigenvalue weighted by atomic mass is 16.1. The highest BCUT2D eigenvalue weighted by Crippen LogP contribution is 2.30. The van der Waals surface area contributed by atoms with Crippen LogP contribution in [-0.4, -0.2) is 11.9 Å². The third kappa shape index (κ3) is 5.00. The number of nitrogens with one attached hydrogen (secondary N) is 1. The van der Waals surface area contributed by atoms with E-state index in [0.29, 0.717) is 6.04 Å². The smallest absolute Gasteiger partial charge is 0.217 e. The Morgan fingerprint density at radius 2 is 1.94 bits per heavy atom. The van der Waals surface area contributed by atoms with Crippen molar-refractivity contribution in [1.82, 2.24) is 5.32 Å². The van der Waals surface area contributed by atoms with Crippen LogP contribution in [0.15, 0.2) is 0 Å². The quantitative estimate of drug-likeness (QED) is 0.762. The summed E-state index contributed by atoms with van der Waals surface area (Å²) < 4.78 is 0. The molecule has 2 heteroatoms. The molecule has 1 N–H and O–H groups in total. The van der Waals surface area contributed by atoms with Crippen molar-refractivity contribution in [1.29, 1.82) is 0 Å². The Kier molecular flexibility index (Phi) is 5.86.